The third-order valence-corrected chi connectivity index (χ3v) is 12.4. The second-order valence-electron chi connectivity index (χ2n) is 16.9. The minimum Gasteiger partial charge on any atom is -0.508 e. The summed E-state index contributed by atoms with van der Waals surface area (Å²) in [6, 6.07) is 15.7. The fourth-order valence-electron chi connectivity index (χ4n) is 8.92. The molecule has 1 saturated heterocycles. The number of benzene rings is 3. The second kappa shape index (κ2) is 19.6. The topological polar surface area (TPSA) is 228 Å². The molecule has 0 bridgehead atoms. The summed E-state index contributed by atoms with van der Waals surface area (Å²) >= 11 is 0. The Morgan fingerprint density at radius 1 is 0.955 bits per heavy atom. The quantitative estimate of drug-likeness (QED) is 0.0531. The largest absolute Gasteiger partial charge is 0.508 e. The first-order chi connectivity index (χ1) is 31.6. The molecular weight excluding hydrogens is 845 g/mol. The zero-order valence-corrected chi connectivity index (χ0v) is 38.3. The van der Waals surface area contributed by atoms with Crippen LogP contribution in [0, 0.1) is 5.41 Å². The molecule has 6 N–H and O–H groups in total. The fourth-order valence-corrected chi connectivity index (χ4v) is 8.92. The van der Waals surface area contributed by atoms with E-state index in [0.717, 1.165) is 59.7 Å². The Hall–Kier alpha value is -6.98. The number of nitrogens with zero attached hydrogens (tertiary/aromatic N) is 6. The van der Waals surface area contributed by atoms with Crippen molar-refractivity contribution in [3.05, 3.63) is 110 Å². The van der Waals surface area contributed by atoms with E-state index in [9.17, 15) is 34.5 Å². The van der Waals surface area contributed by atoms with Crippen molar-refractivity contribution in [3.63, 3.8) is 0 Å². The summed E-state index contributed by atoms with van der Waals surface area (Å²) < 4.78 is 12.7. The highest BCUT2D eigenvalue weighted by atomic mass is 16.6. The molecule has 17 nitrogen and oxygen atoms in total. The molecule has 1 fully saturated rings. The van der Waals surface area contributed by atoms with Crippen molar-refractivity contribution >= 4 is 40.5 Å². The minimum absolute atomic E-state index is 0.0714. The van der Waals surface area contributed by atoms with Gasteiger partial charge in [0.15, 0.2) is 0 Å². The van der Waals surface area contributed by atoms with E-state index in [1.165, 1.54) is 17.0 Å². The number of phenols is 3. The monoisotopic (exact) mass is 902 g/mol. The molecule has 5 heterocycles. The lowest BCUT2D eigenvalue weighted by molar-refractivity contribution is -0.158. The van der Waals surface area contributed by atoms with Crippen molar-refractivity contribution in [2.24, 2.45) is 5.73 Å². The predicted octanol–water partition coefficient (Wildman–Crippen LogP) is 6.54. The number of piperazine rings is 1. The molecule has 1 atom stereocenters. The maximum Gasteiger partial charge on any atom is 0.410 e. The second-order valence-corrected chi connectivity index (χ2v) is 16.9. The van der Waals surface area contributed by atoms with Gasteiger partial charge >= 0.3 is 18.1 Å². The number of phenolic OH excluding ortho intramolecular Hbond substituents is 3. The average molecular weight is 903 g/mol. The van der Waals surface area contributed by atoms with E-state index in [4.69, 9.17) is 25.6 Å². The highest BCUT2D eigenvalue weighted by Gasteiger charge is 2.38. The maximum atomic E-state index is 13.9. The van der Waals surface area contributed by atoms with Crippen LogP contribution in [0.25, 0.3) is 22.3 Å². The Balaban J connectivity index is 0.00000320. The number of aryl methyl sites for hydroxylation is 1. The number of amides is 3. The summed E-state index contributed by atoms with van der Waals surface area (Å²) in [6.45, 7) is 14.8. The van der Waals surface area contributed by atoms with Crippen molar-refractivity contribution in [3.8, 4) is 28.6 Å². The van der Waals surface area contributed by atoms with E-state index in [1.807, 2.05) is 46.8 Å². The van der Waals surface area contributed by atoms with Gasteiger partial charge in [0.1, 0.15) is 29.7 Å². The van der Waals surface area contributed by atoms with Crippen LogP contribution >= 0.6 is 0 Å². The Morgan fingerprint density at radius 3 is 2.32 bits per heavy atom. The number of pyridine rings is 2. The van der Waals surface area contributed by atoms with Crippen LogP contribution < -0.4 is 16.2 Å². The fraction of sp³-hybridized carbons (Fsp3) is 0.388. The number of hydrogen-bond acceptors (Lipinski definition) is 13. The number of hydrogen-bond donors (Lipinski definition) is 5. The average Bonchev–Trinajstić information content (AvgIpc) is 3.66. The number of carbonyl (C=O) groups is 3. The number of nitrogens with one attached hydrogen (secondary N) is 1. The normalized spacial score (nSPS) is 15.6. The van der Waals surface area contributed by atoms with Crippen LogP contribution in [-0.2, 0) is 40.4 Å². The van der Waals surface area contributed by atoms with Gasteiger partial charge in [0.2, 0.25) is 6.10 Å². The number of carbonyl (C=O) groups excluding carboxylic acids is 3. The third kappa shape index (κ3) is 9.26. The highest BCUT2D eigenvalue weighted by Crippen LogP contribution is 2.40. The Bertz CT molecular complexity index is 2750. The molecule has 2 aromatic heterocycles. The summed E-state index contributed by atoms with van der Waals surface area (Å²) in [6.07, 6.45) is -0.809. The molecule has 8 rings (SSSR count). The Morgan fingerprint density at radius 2 is 1.65 bits per heavy atom. The van der Waals surface area contributed by atoms with Gasteiger partial charge in [-0.05, 0) is 84.5 Å². The van der Waals surface area contributed by atoms with Crippen LogP contribution in [0.2, 0.25) is 0 Å². The molecule has 17 heteroatoms. The number of nitrogens with two attached hydrogens (primary N) is 1. The number of fused-ring (bicyclic) bond motifs is 5. The number of anilines is 1. The summed E-state index contributed by atoms with van der Waals surface area (Å²) in [5.41, 5.74) is 11.6. The Kier molecular flexibility index (Phi) is 14.0. The lowest BCUT2D eigenvalue weighted by Gasteiger charge is -2.35. The summed E-state index contributed by atoms with van der Waals surface area (Å²) in [7, 11) is 1.61. The summed E-state index contributed by atoms with van der Waals surface area (Å²) in [5, 5.41) is 40.5. The van der Waals surface area contributed by atoms with Gasteiger partial charge in [-0.15, -0.1) is 0 Å². The number of urea groups is 1. The first kappa shape index (κ1) is 47.0. The van der Waals surface area contributed by atoms with Crippen molar-refractivity contribution < 1.29 is 39.2 Å². The molecule has 3 aromatic carbocycles. The number of ether oxygens (including phenoxy) is 2. The van der Waals surface area contributed by atoms with E-state index in [-0.39, 0.29) is 58.8 Å². The maximum absolute atomic E-state index is 13.9. The molecule has 348 valence electrons. The number of aromatic nitrogens is 2. The van der Waals surface area contributed by atoms with Crippen LogP contribution in [0.3, 0.4) is 0 Å². The number of cyclic esters (lactones) is 1. The molecule has 3 aliphatic heterocycles. The molecule has 0 radical (unpaired) electrons. The summed E-state index contributed by atoms with van der Waals surface area (Å²) in [5.74, 6) is -1.45. The van der Waals surface area contributed by atoms with Gasteiger partial charge in [-0.3, -0.25) is 15.1 Å². The van der Waals surface area contributed by atoms with Gasteiger partial charge in [0.25, 0.3) is 5.56 Å². The number of amidine groups is 1. The molecule has 5 aromatic rings. The molecular formula is C49H58N8O9. The van der Waals surface area contributed by atoms with Crippen molar-refractivity contribution in [1.82, 2.24) is 24.3 Å². The van der Waals surface area contributed by atoms with E-state index >= 15 is 0 Å². The standard InChI is InChI=1S/C47H52N8O9.C2H6/c1-5-30-32-19-29(56)11-12-37(32)50-41-35(30)24-54-38(41)21-33-36(44(54)59)25-63-45(60)42(33)64-47(62)51(4)13-6-14-52-15-17-53(18-16-52)23-27-7-9-28(10-8-27)55(46(49)61)43(48)34-20-31(26(2)3)39(57)22-40(34)58;1-2/h7-12,19-22,26,42,48,56-58H,5-6,13-18,23-25H2,1-4H3,(H2,49,61);1-2H3. The van der Waals surface area contributed by atoms with Gasteiger partial charge in [0, 0.05) is 68.9 Å². The number of rotatable bonds is 11. The lowest BCUT2D eigenvalue weighted by Crippen LogP contribution is -2.46. The molecule has 0 saturated carbocycles. The number of aromatic hydroxyl groups is 3. The predicted molar refractivity (Wildman–Crippen MR) is 250 cm³/mol. The van der Waals surface area contributed by atoms with Gasteiger partial charge in [-0.2, -0.15) is 0 Å². The minimum atomic E-state index is -1.41. The van der Waals surface area contributed by atoms with E-state index < -0.39 is 24.2 Å². The Labute approximate surface area is 383 Å². The van der Waals surface area contributed by atoms with Crippen LogP contribution in [0.15, 0.2) is 65.5 Å². The smallest absolute Gasteiger partial charge is 0.410 e. The van der Waals surface area contributed by atoms with Crippen LogP contribution in [-0.4, -0.2) is 110 Å². The summed E-state index contributed by atoms with van der Waals surface area (Å²) in [4.78, 5) is 64.9. The third-order valence-electron chi connectivity index (χ3n) is 12.4. The zero-order valence-electron chi connectivity index (χ0n) is 38.3. The number of primary amides is 1. The van der Waals surface area contributed by atoms with Crippen molar-refractivity contribution in [1.29, 1.82) is 5.41 Å². The van der Waals surface area contributed by atoms with Gasteiger partial charge in [-0.1, -0.05) is 46.8 Å². The lowest BCUT2D eigenvalue weighted by atomic mass is 9.97. The molecule has 66 heavy (non-hydrogen) atoms. The van der Waals surface area contributed by atoms with E-state index in [1.54, 1.807) is 48.0 Å². The zero-order chi connectivity index (χ0) is 47.6. The van der Waals surface area contributed by atoms with Crippen LogP contribution in [0.4, 0.5) is 15.3 Å². The molecule has 0 spiro atoms. The molecule has 1 unspecified atom stereocenters. The van der Waals surface area contributed by atoms with Gasteiger partial charge < -0.3 is 44.9 Å². The molecule has 3 aliphatic rings. The SMILES string of the molecule is CC.CCc1c2c(nc3ccc(O)cc13)-c1cc3c(c(=O)n1C2)COC(=O)C3OC(=O)N(C)CCCN1CCN(Cc2ccc(N(C(=N)c3cc(C(C)C)c(O)cc3O)C(N)=O)cc2)CC1. The number of esters is 1. The first-order valence-corrected chi connectivity index (χ1v) is 22.4. The van der Waals surface area contributed by atoms with Crippen molar-refractivity contribution in [2.45, 2.75) is 79.2 Å². The van der Waals surface area contributed by atoms with Crippen molar-refractivity contribution in [2.75, 3.05) is 51.2 Å². The molecule has 0 aliphatic carbocycles. The van der Waals surface area contributed by atoms with Crippen LogP contribution in [0.5, 0.6) is 17.2 Å². The van der Waals surface area contributed by atoms with Gasteiger partial charge in [-0.25, -0.2) is 24.3 Å². The van der Waals surface area contributed by atoms with Crippen LogP contribution in [0.1, 0.15) is 92.0 Å². The van der Waals surface area contributed by atoms with E-state index in [0.29, 0.717) is 59.7 Å². The van der Waals surface area contributed by atoms with Gasteiger partial charge in [0.05, 0.1) is 40.3 Å². The first-order valence-electron chi connectivity index (χ1n) is 22.4. The molecule has 3 amide bonds. The van der Waals surface area contributed by atoms with E-state index in [2.05, 4.69) is 9.80 Å². The highest BCUT2D eigenvalue weighted by molar-refractivity contribution is 6.22.